The van der Waals surface area contributed by atoms with Crippen molar-refractivity contribution in [2.45, 2.75) is 26.3 Å². The molecule has 1 N–H and O–H groups in total. The number of carbonyl (C=O) groups is 1. The van der Waals surface area contributed by atoms with E-state index in [1.807, 2.05) is 17.9 Å². The van der Waals surface area contributed by atoms with Gasteiger partial charge in [0.2, 0.25) is 0 Å². The average molecular weight is 275 g/mol. The lowest BCUT2D eigenvalue weighted by Gasteiger charge is -2.37. The highest BCUT2D eigenvalue weighted by atomic mass is 16.5. The Bertz CT molecular complexity index is 566. The van der Waals surface area contributed by atoms with E-state index in [4.69, 9.17) is 9.84 Å². The van der Waals surface area contributed by atoms with Crippen LogP contribution in [0.25, 0.3) is 0 Å². The van der Waals surface area contributed by atoms with Crippen molar-refractivity contribution in [2.24, 2.45) is 0 Å². The first-order valence-corrected chi connectivity index (χ1v) is 6.47. The van der Waals surface area contributed by atoms with Crippen molar-refractivity contribution < 1.29 is 14.6 Å². The molecule has 1 saturated heterocycles. The highest BCUT2D eigenvalue weighted by molar-refractivity contribution is 5.70. The first-order chi connectivity index (χ1) is 9.52. The number of morpholine rings is 1. The van der Waals surface area contributed by atoms with Gasteiger partial charge in [-0.2, -0.15) is 5.26 Å². The minimum absolute atomic E-state index is 0.00864. The van der Waals surface area contributed by atoms with E-state index in [1.165, 1.54) is 0 Å². The molecule has 1 fully saturated rings. The van der Waals surface area contributed by atoms with Gasteiger partial charge in [0.25, 0.3) is 0 Å². The van der Waals surface area contributed by atoms with E-state index >= 15 is 0 Å². The minimum Gasteiger partial charge on any atom is -0.481 e. The molecule has 1 aromatic rings. The molecule has 1 unspecified atom stereocenters. The molecule has 2 heterocycles. The molecule has 1 aliphatic heterocycles. The van der Waals surface area contributed by atoms with Crippen molar-refractivity contribution in [3.63, 3.8) is 0 Å². The number of rotatable bonds is 3. The molecule has 1 atom stereocenters. The number of anilines is 1. The van der Waals surface area contributed by atoms with Crippen molar-refractivity contribution in [3.05, 3.63) is 23.0 Å². The van der Waals surface area contributed by atoms with E-state index in [-0.39, 0.29) is 12.5 Å². The van der Waals surface area contributed by atoms with E-state index in [1.54, 1.807) is 6.92 Å². The maximum absolute atomic E-state index is 11.0. The van der Waals surface area contributed by atoms with Crippen LogP contribution in [-0.4, -0.2) is 41.9 Å². The number of aromatic nitrogens is 1. The van der Waals surface area contributed by atoms with Gasteiger partial charge in [-0.1, -0.05) is 0 Å². The van der Waals surface area contributed by atoms with Crippen molar-refractivity contribution in [1.82, 2.24) is 4.98 Å². The molecule has 0 aromatic carbocycles. The van der Waals surface area contributed by atoms with Gasteiger partial charge in [-0.25, -0.2) is 0 Å². The van der Waals surface area contributed by atoms with Gasteiger partial charge >= 0.3 is 5.97 Å². The normalized spacial score (nSPS) is 18.6. The summed E-state index contributed by atoms with van der Waals surface area (Å²) in [4.78, 5) is 17.2. The number of nitriles is 1. The van der Waals surface area contributed by atoms with Crippen LogP contribution in [0.5, 0.6) is 0 Å². The number of nitrogens with zero attached hydrogens (tertiary/aromatic N) is 3. The summed E-state index contributed by atoms with van der Waals surface area (Å²) in [6.45, 7) is 5.13. The number of aryl methyl sites for hydroxylation is 2. The van der Waals surface area contributed by atoms with Crippen molar-refractivity contribution in [1.29, 1.82) is 5.26 Å². The standard InChI is InChI=1S/C14H17N3O3/c1-9-5-13(12(7-15)10(2)16-9)17-3-4-20-8-11(17)6-14(18)19/h5,11H,3-4,6,8H2,1-2H3,(H,18,19). The fourth-order valence-electron chi connectivity index (χ4n) is 2.52. The quantitative estimate of drug-likeness (QED) is 0.893. The van der Waals surface area contributed by atoms with E-state index in [0.717, 1.165) is 11.4 Å². The topological polar surface area (TPSA) is 86.5 Å². The smallest absolute Gasteiger partial charge is 0.305 e. The van der Waals surface area contributed by atoms with Gasteiger partial charge in [0.1, 0.15) is 6.07 Å². The second kappa shape index (κ2) is 5.88. The van der Waals surface area contributed by atoms with Crippen LogP contribution in [-0.2, 0) is 9.53 Å². The van der Waals surface area contributed by atoms with Crippen LogP contribution in [0.3, 0.4) is 0 Å². The molecule has 0 aliphatic carbocycles. The largest absolute Gasteiger partial charge is 0.481 e. The van der Waals surface area contributed by atoms with Crippen molar-refractivity contribution in [2.75, 3.05) is 24.7 Å². The number of ether oxygens (including phenoxy) is 1. The third-order valence-electron chi connectivity index (χ3n) is 3.37. The summed E-state index contributed by atoms with van der Waals surface area (Å²) in [5.41, 5.74) is 2.75. The van der Waals surface area contributed by atoms with E-state index in [0.29, 0.717) is 31.0 Å². The number of carboxylic acid groups (broad SMARTS) is 1. The lowest BCUT2D eigenvalue weighted by atomic mass is 10.1. The molecule has 6 heteroatoms. The zero-order chi connectivity index (χ0) is 14.7. The van der Waals surface area contributed by atoms with Gasteiger partial charge in [-0.15, -0.1) is 0 Å². The number of hydrogen-bond donors (Lipinski definition) is 1. The van der Waals surface area contributed by atoms with Crippen LogP contribution in [0, 0.1) is 25.2 Å². The Labute approximate surface area is 117 Å². The molecule has 6 nitrogen and oxygen atoms in total. The Morgan fingerprint density at radius 2 is 2.40 bits per heavy atom. The van der Waals surface area contributed by atoms with Crippen molar-refractivity contribution in [3.8, 4) is 6.07 Å². The third kappa shape index (κ3) is 2.89. The number of hydrogen-bond acceptors (Lipinski definition) is 5. The Morgan fingerprint density at radius 1 is 1.65 bits per heavy atom. The van der Waals surface area contributed by atoms with Gasteiger partial charge in [-0.05, 0) is 19.9 Å². The summed E-state index contributed by atoms with van der Waals surface area (Å²) in [7, 11) is 0. The molecule has 1 aromatic heterocycles. The SMILES string of the molecule is Cc1cc(N2CCOCC2CC(=O)O)c(C#N)c(C)n1. The maximum Gasteiger partial charge on any atom is 0.305 e. The van der Waals surface area contributed by atoms with Crippen molar-refractivity contribution >= 4 is 11.7 Å². The van der Waals surface area contributed by atoms with Gasteiger partial charge in [-0.3, -0.25) is 9.78 Å². The first kappa shape index (κ1) is 14.3. The van der Waals surface area contributed by atoms with Gasteiger partial charge in [0.15, 0.2) is 0 Å². The molecular weight excluding hydrogens is 258 g/mol. The molecule has 1 aliphatic rings. The Kier molecular flexibility index (Phi) is 4.20. The van der Waals surface area contributed by atoms with Crippen LogP contribution in [0.4, 0.5) is 5.69 Å². The van der Waals surface area contributed by atoms with E-state index in [9.17, 15) is 10.1 Å². The van der Waals surface area contributed by atoms with Gasteiger partial charge in [0, 0.05) is 12.2 Å². The van der Waals surface area contributed by atoms with Crippen LogP contribution in [0.15, 0.2) is 6.07 Å². The zero-order valence-electron chi connectivity index (χ0n) is 11.6. The molecule has 0 spiro atoms. The summed E-state index contributed by atoms with van der Waals surface area (Å²) < 4.78 is 5.37. The highest BCUT2D eigenvalue weighted by Crippen LogP contribution is 2.27. The van der Waals surface area contributed by atoms with Gasteiger partial charge in [0.05, 0.1) is 42.6 Å². The predicted molar refractivity (Wildman–Crippen MR) is 72.6 cm³/mol. The number of aliphatic carboxylic acids is 1. The maximum atomic E-state index is 11.0. The summed E-state index contributed by atoms with van der Waals surface area (Å²) >= 11 is 0. The van der Waals surface area contributed by atoms with Crippen LogP contribution in [0.1, 0.15) is 23.4 Å². The molecule has 106 valence electrons. The Balaban J connectivity index is 2.42. The second-order valence-corrected chi connectivity index (χ2v) is 4.87. The third-order valence-corrected chi connectivity index (χ3v) is 3.37. The zero-order valence-corrected chi connectivity index (χ0v) is 11.6. The summed E-state index contributed by atoms with van der Waals surface area (Å²) in [6, 6.07) is 3.75. The average Bonchev–Trinajstić information content (AvgIpc) is 2.38. The Morgan fingerprint density at radius 3 is 3.05 bits per heavy atom. The van der Waals surface area contributed by atoms with Crippen LogP contribution in [0.2, 0.25) is 0 Å². The predicted octanol–water partition coefficient (Wildman–Crippen LogP) is 1.25. The summed E-state index contributed by atoms with van der Waals surface area (Å²) in [5.74, 6) is -0.869. The molecule has 2 rings (SSSR count). The lowest BCUT2D eigenvalue weighted by molar-refractivity contribution is -0.138. The fourth-order valence-corrected chi connectivity index (χ4v) is 2.52. The first-order valence-electron chi connectivity index (χ1n) is 6.47. The minimum atomic E-state index is -0.869. The highest BCUT2D eigenvalue weighted by Gasteiger charge is 2.28. The number of carboxylic acids is 1. The summed E-state index contributed by atoms with van der Waals surface area (Å²) in [5, 5.41) is 18.3. The van der Waals surface area contributed by atoms with Crippen LogP contribution >= 0.6 is 0 Å². The summed E-state index contributed by atoms with van der Waals surface area (Å²) in [6.07, 6.45) is -0.00864. The Hall–Kier alpha value is -2.13. The second-order valence-electron chi connectivity index (χ2n) is 4.87. The monoisotopic (exact) mass is 275 g/mol. The molecule has 0 bridgehead atoms. The number of pyridine rings is 1. The van der Waals surface area contributed by atoms with Crippen LogP contribution < -0.4 is 4.90 Å². The molecule has 0 saturated carbocycles. The molecular formula is C14H17N3O3. The van der Waals surface area contributed by atoms with E-state index < -0.39 is 5.97 Å². The fraction of sp³-hybridized carbons (Fsp3) is 0.500. The van der Waals surface area contributed by atoms with E-state index in [2.05, 4.69) is 11.1 Å². The van der Waals surface area contributed by atoms with Gasteiger partial charge < -0.3 is 14.7 Å². The lowest BCUT2D eigenvalue weighted by Crippen LogP contribution is -2.47. The molecule has 0 radical (unpaired) electrons. The molecule has 20 heavy (non-hydrogen) atoms. The molecule has 0 amide bonds.